The van der Waals surface area contributed by atoms with Crippen molar-refractivity contribution in [3.8, 4) is 11.1 Å². The quantitative estimate of drug-likeness (QED) is 0.255. The second-order valence-corrected chi connectivity index (χ2v) is 8.99. The Balaban J connectivity index is 2.09. The second kappa shape index (κ2) is 5.18. The molecule has 0 radical (unpaired) electrons. The Bertz CT molecular complexity index is 1190. The third kappa shape index (κ3) is 1.98. The summed E-state index contributed by atoms with van der Waals surface area (Å²) in [6.45, 7) is 4.66. The highest BCUT2D eigenvalue weighted by atomic mass is 79.9. The fourth-order valence-electron chi connectivity index (χ4n) is 4.41. The van der Waals surface area contributed by atoms with Crippen molar-refractivity contribution >= 4 is 53.4 Å². The van der Waals surface area contributed by atoms with E-state index in [9.17, 15) is 0 Å². The standard InChI is InChI=1S/C23H16Br2/c1-23(2)17-12-18(24)15-9-5-6-10-16(15)20(17)21-14-8-4-3-7-13(14)11-19(25)22(21)23/h3-12H,1-2H3. The molecule has 0 nitrogen and oxygen atoms in total. The molecule has 4 aromatic carbocycles. The van der Waals surface area contributed by atoms with Crippen LogP contribution in [0.1, 0.15) is 25.0 Å². The van der Waals surface area contributed by atoms with Crippen LogP contribution in [-0.4, -0.2) is 0 Å². The fourth-order valence-corrected chi connectivity index (χ4v) is 5.93. The summed E-state index contributed by atoms with van der Waals surface area (Å²) in [7, 11) is 0. The molecule has 1 aliphatic rings. The summed E-state index contributed by atoms with van der Waals surface area (Å²) in [4.78, 5) is 0. The van der Waals surface area contributed by atoms with Gasteiger partial charge in [-0.05, 0) is 55.9 Å². The molecule has 4 aromatic rings. The van der Waals surface area contributed by atoms with E-state index in [-0.39, 0.29) is 5.41 Å². The average molecular weight is 452 g/mol. The van der Waals surface area contributed by atoms with Crippen LogP contribution in [0, 0.1) is 0 Å². The van der Waals surface area contributed by atoms with E-state index in [0.29, 0.717) is 0 Å². The lowest BCUT2D eigenvalue weighted by molar-refractivity contribution is 0.657. The van der Waals surface area contributed by atoms with Gasteiger partial charge in [0, 0.05) is 14.4 Å². The number of fused-ring (bicyclic) bond motifs is 7. The van der Waals surface area contributed by atoms with Gasteiger partial charge in [-0.1, -0.05) is 94.2 Å². The van der Waals surface area contributed by atoms with Crippen molar-refractivity contribution in [2.24, 2.45) is 0 Å². The Kier molecular flexibility index (Phi) is 3.24. The smallest absolute Gasteiger partial charge is 0.0257 e. The van der Waals surface area contributed by atoms with Gasteiger partial charge in [-0.2, -0.15) is 0 Å². The van der Waals surface area contributed by atoms with Gasteiger partial charge in [-0.25, -0.2) is 0 Å². The minimum Gasteiger partial charge on any atom is -0.0616 e. The fraction of sp³-hybridized carbons (Fsp3) is 0.130. The maximum atomic E-state index is 3.87. The number of benzene rings is 4. The zero-order chi connectivity index (χ0) is 17.3. The summed E-state index contributed by atoms with van der Waals surface area (Å²) in [5.74, 6) is 0. The molecular weight excluding hydrogens is 436 g/mol. The van der Waals surface area contributed by atoms with Crippen molar-refractivity contribution in [2.75, 3.05) is 0 Å². The second-order valence-electron chi connectivity index (χ2n) is 7.28. The Morgan fingerprint density at radius 2 is 1.32 bits per heavy atom. The zero-order valence-electron chi connectivity index (χ0n) is 14.0. The summed E-state index contributed by atoms with van der Waals surface area (Å²) in [6.07, 6.45) is 0. The van der Waals surface area contributed by atoms with E-state index in [1.54, 1.807) is 0 Å². The van der Waals surface area contributed by atoms with Gasteiger partial charge in [-0.15, -0.1) is 0 Å². The number of hydrogen-bond acceptors (Lipinski definition) is 0. The minimum absolute atomic E-state index is 0.0416. The van der Waals surface area contributed by atoms with E-state index in [1.165, 1.54) is 52.7 Å². The molecule has 0 saturated heterocycles. The Morgan fingerprint density at radius 1 is 0.680 bits per heavy atom. The minimum atomic E-state index is -0.0416. The average Bonchev–Trinajstić information content (AvgIpc) is 2.84. The molecule has 0 atom stereocenters. The lowest BCUT2D eigenvalue weighted by Gasteiger charge is -2.23. The van der Waals surface area contributed by atoms with E-state index < -0.39 is 0 Å². The van der Waals surface area contributed by atoms with Crippen molar-refractivity contribution in [1.82, 2.24) is 0 Å². The van der Waals surface area contributed by atoms with Crippen LogP contribution in [0.15, 0.2) is 69.6 Å². The molecule has 0 bridgehead atoms. The molecule has 0 N–H and O–H groups in total. The maximum absolute atomic E-state index is 3.87. The topological polar surface area (TPSA) is 0 Å². The molecule has 2 heteroatoms. The van der Waals surface area contributed by atoms with Crippen molar-refractivity contribution in [1.29, 1.82) is 0 Å². The van der Waals surface area contributed by atoms with E-state index in [1.807, 2.05) is 0 Å². The van der Waals surface area contributed by atoms with Gasteiger partial charge in [0.15, 0.2) is 0 Å². The Hall–Kier alpha value is -1.64. The molecule has 0 unspecified atom stereocenters. The van der Waals surface area contributed by atoms with Crippen LogP contribution in [0.25, 0.3) is 32.7 Å². The third-order valence-electron chi connectivity index (χ3n) is 5.54. The molecule has 122 valence electrons. The molecule has 5 rings (SSSR count). The molecule has 0 spiro atoms. The Morgan fingerprint density at radius 3 is 2.08 bits per heavy atom. The highest BCUT2D eigenvalue weighted by molar-refractivity contribution is 9.11. The van der Waals surface area contributed by atoms with E-state index in [4.69, 9.17) is 0 Å². The van der Waals surface area contributed by atoms with Gasteiger partial charge in [0.2, 0.25) is 0 Å². The van der Waals surface area contributed by atoms with Gasteiger partial charge < -0.3 is 0 Å². The highest BCUT2D eigenvalue weighted by Gasteiger charge is 2.39. The van der Waals surface area contributed by atoms with Gasteiger partial charge >= 0.3 is 0 Å². The lowest BCUT2D eigenvalue weighted by Crippen LogP contribution is -2.15. The SMILES string of the molecule is CC1(C)c2cc(Br)c3ccccc3c2-c2c1c(Br)cc1ccccc21. The van der Waals surface area contributed by atoms with Gasteiger partial charge in [-0.3, -0.25) is 0 Å². The van der Waals surface area contributed by atoms with Crippen molar-refractivity contribution in [3.05, 3.63) is 80.7 Å². The lowest BCUT2D eigenvalue weighted by atomic mass is 9.82. The summed E-state index contributed by atoms with van der Waals surface area (Å²) in [5.41, 5.74) is 5.51. The molecule has 0 heterocycles. The molecule has 1 aliphatic carbocycles. The van der Waals surface area contributed by atoms with Crippen LogP contribution < -0.4 is 0 Å². The van der Waals surface area contributed by atoms with Crippen LogP contribution in [0.5, 0.6) is 0 Å². The Labute approximate surface area is 164 Å². The third-order valence-corrected chi connectivity index (χ3v) is 6.83. The monoisotopic (exact) mass is 450 g/mol. The van der Waals surface area contributed by atoms with Crippen molar-refractivity contribution in [3.63, 3.8) is 0 Å². The summed E-state index contributed by atoms with van der Waals surface area (Å²) in [6, 6.07) is 22.0. The van der Waals surface area contributed by atoms with E-state index >= 15 is 0 Å². The summed E-state index contributed by atoms with van der Waals surface area (Å²) >= 11 is 7.68. The first kappa shape index (κ1) is 15.6. The van der Waals surface area contributed by atoms with E-state index in [0.717, 1.165) is 0 Å². The molecule has 0 amide bonds. The highest BCUT2D eigenvalue weighted by Crippen LogP contribution is 2.56. The van der Waals surface area contributed by atoms with Crippen LogP contribution in [-0.2, 0) is 5.41 Å². The largest absolute Gasteiger partial charge is 0.0616 e. The van der Waals surface area contributed by atoms with Crippen LogP contribution in [0.2, 0.25) is 0 Å². The first-order valence-electron chi connectivity index (χ1n) is 8.44. The first-order chi connectivity index (χ1) is 12.0. The zero-order valence-corrected chi connectivity index (χ0v) is 17.2. The number of hydrogen-bond donors (Lipinski definition) is 0. The summed E-state index contributed by atoms with van der Waals surface area (Å²) < 4.78 is 2.37. The number of halogens is 2. The molecule has 0 aromatic heterocycles. The molecular formula is C23H16Br2. The van der Waals surface area contributed by atoms with Crippen LogP contribution in [0.4, 0.5) is 0 Å². The van der Waals surface area contributed by atoms with Gasteiger partial charge in [0.05, 0.1) is 0 Å². The van der Waals surface area contributed by atoms with E-state index in [2.05, 4.69) is 106 Å². The maximum Gasteiger partial charge on any atom is 0.0257 e. The molecule has 0 fully saturated rings. The van der Waals surface area contributed by atoms with Crippen LogP contribution in [0.3, 0.4) is 0 Å². The van der Waals surface area contributed by atoms with Crippen molar-refractivity contribution in [2.45, 2.75) is 19.3 Å². The summed E-state index contributed by atoms with van der Waals surface area (Å²) in [5, 5.41) is 5.21. The number of rotatable bonds is 0. The van der Waals surface area contributed by atoms with Gasteiger partial charge in [0.25, 0.3) is 0 Å². The molecule has 25 heavy (non-hydrogen) atoms. The first-order valence-corrected chi connectivity index (χ1v) is 10.0. The molecule has 0 saturated carbocycles. The van der Waals surface area contributed by atoms with Crippen LogP contribution >= 0.6 is 31.9 Å². The van der Waals surface area contributed by atoms with Gasteiger partial charge in [0.1, 0.15) is 0 Å². The predicted molar refractivity (Wildman–Crippen MR) is 114 cm³/mol. The van der Waals surface area contributed by atoms with Crippen molar-refractivity contribution < 1.29 is 0 Å². The normalized spacial score (nSPS) is 14.7. The molecule has 0 aliphatic heterocycles. The predicted octanol–water partition coefficient (Wildman–Crippen LogP) is 7.82.